The predicted molar refractivity (Wildman–Crippen MR) is 65.6 cm³/mol. The highest BCUT2D eigenvalue weighted by atomic mass is 16.3. The third-order valence-corrected chi connectivity index (χ3v) is 2.45. The summed E-state index contributed by atoms with van der Waals surface area (Å²) in [5.41, 5.74) is 3.40. The highest BCUT2D eigenvalue weighted by molar-refractivity contribution is 5.58. The Morgan fingerprint density at radius 3 is 2.41 bits per heavy atom. The lowest BCUT2D eigenvalue weighted by atomic mass is 10.2. The summed E-state index contributed by atoms with van der Waals surface area (Å²) >= 11 is 0. The van der Waals surface area contributed by atoms with E-state index in [9.17, 15) is 0 Å². The number of hydrazine groups is 1. The monoisotopic (exact) mass is 241 g/mol. The van der Waals surface area contributed by atoms with Gasteiger partial charge in [-0.2, -0.15) is 0 Å². The van der Waals surface area contributed by atoms with Gasteiger partial charge in [-0.3, -0.25) is 0 Å². The van der Waals surface area contributed by atoms with E-state index in [1.165, 1.54) is 6.33 Å². The maximum atomic E-state index is 9.01. The van der Waals surface area contributed by atoms with Crippen molar-refractivity contribution in [3.63, 3.8) is 0 Å². The first-order valence-electron chi connectivity index (χ1n) is 5.55. The molecule has 0 saturated heterocycles. The SMILES string of the molecule is CCc1c(NN)ncnc1N(CCO)CCO. The molecular weight excluding hydrogens is 222 g/mol. The Bertz CT molecular complexity index is 341. The second kappa shape index (κ2) is 7.00. The van der Waals surface area contributed by atoms with Crippen molar-refractivity contribution in [3.8, 4) is 0 Å². The van der Waals surface area contributed by atoms with Gasteiger partial charge in [0.25, 0.3) is 0 Å². The zero-order valence-electron chi connectivity index (χ0n) is 9.93. The van der Waals surface area contributed by atoms with Crippen LogP contribution in [0.2, 0.25) is 0 Å². The molecule has 96 valence electrons. The van der Waals surface area contributed by atoms with Crippen LogP contribution in [0.25, 0.3) is 0 Å². The summed E-state index contributed by atoms with van der Waals surface area (Å²) in [5.74, 6) is 6.65. The average molecular weight is 241 g/mol. The van der Waals surface area contributed by atoms with E-state index in [2.05, 4.69) is 15.4 Å². The van der Waals surface area contributed by atoms with Crippen molar-refractivity contribution in [2.24, 2.45) is 5.84 Å². The molecule has 0 bridgehead atoms. The van der Waals surface area contributed by atoms with Crippen LogP contribution in [0.4, 0.5) is 11.6 Å². The minimum absolute atomic E-state index is 0.00144. The van der Waals surface area contributed by atoms with Gasteiger partial charge in [0.1, 0.15) is 18.0 Å². The topological polar surface area (TPSA) is 108 Å². The van der Waals surface area contributed by atoms with Gasteiger partial charge in [-0.25, -0.2) is 15.8 Å². The summed E-state index contributed by atoms with van der Waals surface area (Å²) in [7, 11) is 0. The Hall–Kier alpha value is -1.44. The lowest BCUT2D eigenvalue weighted by Gasteiger charge is -2.24. The van der Waals surface area contributed by atoms with Crippen molar-refractivity contribution in [1.29, 1.82) is 0 Å². The molecule has 0 fully saturated rings. The molecule has 1 aromatic rings. The number of aliphatic hydroxyl groups is 2. The van der Waals surface area contributed by atoms with Crippen molar-refractivity contribution in [1.82, 2.24) is 9.97 Å². The number of nitrogen functional groups attached to an aromatic ring is 1. The summed E-state index contributed by atoms with van der Waals surface area (Å²) in [6.45, 7) is 2.79. The standard InChI is InChI=1S/C10H19N5O2/c1-2-8-9(14-11)12-7-13-10(8)15(3-5-16)4-6-17/h7,16-17H,2-6,11H2,1H3,(H,12,13,14). The van der Waals surface area contributed by atoms with Crippen molar-refractivity contribution in [2.75, 3.05) is 36.6 Å². The lowest BCUT2D eigenvalue weighted by Crippen LogP contribution is -2.32. The van der Waals surface area contributed by atoms with Crippen molar-refractivity contribution >= 4 is 11.6 Å². The smallest absolute Gasteiger partial charge is 0.148 e. The number of aliphatic hydroxyl groups excluding tert-OH is 2. The number of nitrogens with one attached hydrogen (secondary N) is 1. The van der Waals surface area contributed by atoms with Crippen molar-refractivity contribution in [2.45, 2.75) is 13.3 Å². The summed E-state index contributed by atoms with van der Waals surface area (Å²) in [6, 6.07) is 0. The highest BCUT2D eigenvalue weighted by Crippen LogP contribution is 2.22. The van der Waals surface area contributed by atoms with Crippen LogP contribution in [-0.4, -0.2) is 46.5 Å². The molecule has 0 unspecified atom stereocenters. The van der Waals surface area contributed by atoms with Crippen LogP contribution in [0, 0.1) is 0 Å². The van der Waals surface area contributed by atoms with E-state index >= 15 is 0 Å². The van der Waals surface area contributed by atoms with Gasteiger partial charge in [0.05, 0.1) is 13.2 Å². The summed E-state index contributed by atoms with van der Waals surface area (Å²) < 4.78 is 0. The van der Waals surface area contributed by atoms with E-state index in [1.807, 2.05) is 6.92 Å². The number of nitrogens with two attached hydrogens (primary N) is 1. The first-order chi connectivity index (χ1) is 8.28. The van der Waals surface area contributed by atoms with Gasteiger partial charge in [-0.05, 0) is 6.42 Å². The molecule has 1 aromatic heterocycles. The van der Waals surface area contributed by atoms with E-state index in [4.69, 9.17) is 16.1 Å². The van der Waals surface area contributed by atoms with Crippen LogP contribution in [0.1, 0.15) is 12.5 Å². The molecule has 17 heavy (non-hydrogen) atoms. The van der Waals surface area contributed by atoms with Crippen LogP contribution in [-0.2, 0) is 6.42 Å². The fourth-order valence-corrected chi connectivity index (χ4v) is 1.69. The second-order valence-corrected chi connectivity index (χ2v) is 3.46. The molecule has 7 heteroatoms. The molecule has 0 amide bonds. The fourth-order valence-electron chi connectivity index (χ4n) is 1.69. The van der Waals surface area contributed by atoms with Crippen LogP contribution >= 0.6 is 0 Å². The van der Waals surface area contributed by atoms with Crippen molar-refractivity contribution in [3.05, 3.63) is 11.9 Å². The third-order valence-electron chi connectivity index (χ3n) is 2.45. The minimum atomic E-state index is -0.00144. The Morgan fingerprint density at radius 1 is 1.29 bits per heavy atom. The van der Waals surface area contributed by atoms with E-state index in [0.29, 0.717) is 31.1 Å². The zero-order valence-corrected chi connectivity index (χ0v) is 9.93. The second-order valence-electron chi connectivity index (χ2n) is 3.46. The van der Waals surface area contributed by atoms with Gasteiger partial charge >= 0.3 is 0 Å². The molecule has 0 atom stereocenters. The molecule has 0 aliphatic heterocycles. The number of hydrogen-bond acceptors (Lipinski definition) is 7. The Labute approximate surface area is 100 Å². The molecule has 0 aliphatic carbocycles. The number of hydrogen-bond donors (Lipinski definition) is 4. The maximum absolute atomic E-state index is 9.01. The van der Waals surface area contributed by atoms with E-state index in [-0.39, 0.29) is 13.2 Å². The van der Waals surface area contributed by atoms with Gasteiger partial charge < -0.3 is 20.5 Å². The molecule has 0 spiro atoms. The molecule has 7 nitrogen and oxygen atoms in total. The Morgan fingerprint density at radius 2 is 1.94 bits per heavy atom. The van der Waals surface area contributed by atoms with E-state index in [1.54, 1.807) is 4.90 Å². The van der Waals surface area contributed by atoms with Crippen LogP contribution < -0.4 is 16.2 Å². The van der Waals surface area contributed by atoms with Gasteiger partial charge in [0.2, 0.25) is 0 Å². The number of anilines is 2. The maximum Gasteiger partial charge on any atom is 0.148 e. The number of nitrogens with zero attached hydrogens (tertiary/aromatic N) is 3. The summed E-state index contributed by atoms with van der Waals surface area (Å²) in [5, 5.41) is 18.0. The zero-order chi connectivity index (χ0) is 12.7. The highest BCUT2D eigenvalue weighted by Gasteiger charge is 2.14. The fraction of sp³-hybridized carbons (Fsp3) is 0.600. The molecular formula is C10H19N5O2. The largest absolute Gasteiger partial charge is 0.395 e. The van der Waals surface area contributed by atoms with Crippen molar-refractivity contribution < 1.29 is 10.2 Å². The van der Waals surface area contributed by atoms with Gasteiger partial charge in [0.15, 0.2) is 0 Å². The van der Waals surface area contributed by atoms with E-state index in [0.717, 1.165) is 5.56 Å². The third kappa shape index (κ3) is 3.26. The Balaban J connectivity index is 3.07. The van der Waals surface area contributed by atoms with E-state index < -0.39 is 0 Å². The Kier molecular flexibility index (Phi) is 5.61. The first-order valence-corrected chi connectivity index (χ1v) is 5.55. The quantitative estimate of drug-likeness (QED) is 0.362. The lowest BCUT2D eigenvalue weighted by molar-refractivity contribution is 0.280. The predicted octanol–water partition coefficient (Wildman–Crippen LogP) is -0.884. The van der Waals surface area contributed by atoms with Crippen LogP contribution in [0.5, 0.6) is 0 Å². The number of aromatic nitrogens is 2. The normalized spacial score (nSPS) is 10.4. The molecule has 1 heterocycles. The number of rotatable bonds is 7. The van der Waals surface area contributed by atoms with Crippen LogP contribution in [0.3, 0.4) is 0 Å². The molecule has 5 N–H and O–H groups in total. The average Bonchev–Trinajstić information content (AvgIpc) is 2.37. The minimum Gasteiger partial charge on any atom is -0.395 e. The van der Waals surface area contributed by atoms with Gasteiger partial charge in [-0.15, -0.1) is 0 Å². The molecule has 0 radical (unpaired) electrons. The first kappa shape index (κ1) is 13.6. The molecule has 0 aromatic carbocycles. The van der Waals surface area contributed by atoms with Crippen LogP contribution in [0.15, 0.2) is 6.33 Å². The molecule has 0 aliphatic rings. The van der Waals surface area contributed by atoms with Gasteiger partial charge in [-0.1, -0.05) is 6.92 Å². The summed E-state index contributed by atoms with van der Waals surface area (Å²) in [6.07, 6.45) is 2.12. The van der Waals surface area contributed by atoms with Gasteiger partial charge in [0, 0.05) is 18.7 Å². The molecule has 0 saturated carbocycles. The summed E-state index contributed by atoms with van der Waals surface area (Å²) in [4.78, 5) is 10.0. The molecule has 1 rings (SSSR count).